The Balaban J connectivity index is 2.10. The van der Waals surface area contributed by atoms with E-state index in [4.69, 9.17) is 9.47 Å². The van der Waals surface area contributed by atoms with Crippen molar-refractivity contribution in [2.24, 2.45) is 22.7 Å². The van der Waals surface area contributed by atoms with Crippen LogP contribution in [0, 0.1) is 17.8 Å². The highest BCUT2D eigenvalue weighted by atomic mass is 32.1. The first-order valence-electron chi connectivity index (χ1n) is 9.50. The number of thiophene rings is 1. The van der Waals surface area contributed by atoms with E-state index in [0.29, 0.717) is 30.7 Å². The Kier molecular flexibility index (Phi) is 6.13. The van der Waals surface area contributed by atoms with Crippen LogP contribution in [0.1, 0.15) is 44.4 Å². The number of Topliss-reactive ketones (excluding diaryl/α,β-unsaturated/α-hetero) is 1. The van der Waals surface area contributed by atoms with Crippen LogP contribution in [-0.4, -0.2) is 37.2 Å². The summed E-state index contributed by atoms with van der Waals surface area (Å²) in [5.41, 5.74) is 1.74. The molecule has 0 unspecified atom stereocenters. The zero-order valence-electron chi connectivity index (χ0n) is 16.6. The standard InChI is InChI=1S/C21H25NO5S/c1-5-8-27-21(25)16-12(3)22-13-10-11(2)15(20(24)26-4)19(23)17(13)18(16)14-7-6-9-28-14/h6-7,9,11,15,17-18H,5,8,10H2,1-4H3/t11-,15-,17+,18+/m1/s1. The molecule has 150 valence electrons. The van der Waals surface area contributed by atoms with Crippen LogP contribution in [0.4, 0.5) is 0 Å². The molecule has 0 spiro atoms. The van der Waals surface area contributed by atoms with Crippen molar-refractivity contribution in [2.75, 3.05) is 13.7 Å². The Bertz CT molecular complexity index is 839. The lowest BCUT2D eigenvalue weighted by atomic mass is 9.65. The van der Waals surface area contributed by atoms with Crippen LogP contribution >= 0.6 is 11.3 Å². The van der Waals surface area contributed by atoms with Crippen LogP contribution in [0.25, 0.3) is 0 Å². The molecule has 0 N–H and O–H groups in total. The number of aliphatic imine (C=N–C) groups is 1. The number of methoxy groups -OCH3 is 1. The normalized spacial score (nSPS) is 27.1. The molecule has 28 heavy (non-hydrogen) atoms. The molecule has 0 saturated heterocycles. The van der Waals surface area contributed by atoms with E-state index in [-0.39, 0.29) is 11.7 Å². The van der Waals surface area contributed by atoms with Gasteiger partial charge in [-0.1, -0.05) is 19.9 Å². The highest BCUT2D eigenvalue weighted by Crippen LogP contribution is 2.46. The molecular weight excluding hydrogens is 378 g/mol. The molecule has 2 aliphatic rings. The molecule has 1 aromatic heterocycles. The molecule has 6 nitrogen and oxygen atoms in total. The fourth-order valence-corrected chi connectivity index (χ4v) is 5.02. The first kappa shape index (κ1) is 20.5. The van der Waals surface area contributed by atoms with Crippen LogP contribution in [0.3, 0.4) is 0 Å². The van der Waals surface area contributed by atoms with Crippen molar-refractivity contribution in [2.45, 2.75) is 39.5 Å². The second-order valence-electron chi connectivity index (χ2n) is 7.29. The Hall–Kier alpha value is -2.28. The molecule has 4 atom stereocenters. The molecule has 0 amide bonds. The van der Waals surface area contributed by atoms with Crippen LogP contribution in [0.15, 0.2) is 33.8 Å². The summed E-state index contributed by atoms with van der Waals surface area (Å²) >= 11 is 1.49. The lowest BCUT2D eigenvalue weighted by Crippen LogP contribution is -2.48. The van der Waals surface area contributed by atoms with Gasteiger partial charge in [-0.3, -0.25) is 14.6 Å². The van der Waals surface area contributed by atoms with E-state index >= 15 is 0 Å². The minimum Gasteiger partial charge on any atom is -0.468 e. The number of carbonyl (C=O) groups excluding carboxylic acids is 3. The molecule has 1 aliphatic carbocycles. The lowest BCUT2D eigenvalue weighted by molar-refractivity contribution is -0.152. The molecule has 3 rings (SSSR count). The van der Waals surface area contributed by atoms with Gasteiger partial charge in [-0.05, 0) is 37.1 Å². The molecule has 2 heterocycles. The van der Waals surface area contributed by atoms with Crippen LogP contribution < -0.4 is 0 Å². The smallest absolute Gasteiger partial charge is 0.336 e. The fraction of sp³-hybridized carbons (Fsp3) is 0.524. The Morgan fingerprint density at radius 2 is 2.07 bits per heavy atom. The van der Waals surface area contributed by atoms with Gasteiger partial charge in [0.1, 0.15) is 5.92 Å². The second kappa shape index (κ2) is 8.39. The molecule has 7 heteroatoms. The minimum atomic E-state index is -0.845. The van der Waals surface area contributed by atoms with Gasteiger partial charge in [-0.2, -0.15) is 0 Å². The van der Waals surface area contributed by atoms with Crippen molar-refractivity contribution in [1.82, 2.24) is 0 Å². The van der Waals surface area contributed by atoms with E-state index < -0.39 is 29.7 Å². The second-order valence-corrected chi connectivity index (χ2v) is 8.27. The number of carbonyl (C=O) groups is 3. The van der Waals surface area contributed by atoms with Crippen LogP contribution in [0.5, 0.6) is 0 Å². The van der Waals surface area contributed by atoms with Gasteiger partial charge in [0, 0.05) is 22.2 Å². The number of nitrogens with zero attached hydrogens (tertiary/aromatic N) is 1. The molecule has 0 radical (unpaired) electrons. The molecule has 1 saturated carbocycles. The van der Waals surface area contributed by atoms with Gasteiger partial charge in [-0.25, -0.2) is 4.79 Å². The summed E-state index contributed by atoms with van der Waals surface area (Å²) in [6.07, 6.45) is 1.23. The maximum atomic E-state index is 13.4. The van der Waals surface area contributed by atoms with Gasteiger partial charge in [0.2, 0.25) is 0 Å². The average Bonchev–Trinajstić information content (AvgIpc) is 3.19. The third-order valence-electron chi connectivity index (χ3n) is 5.38. The van der Waals surface area contributed by atoms with Crippen molar-refractivity contribution in [1.29, 1.82) is 0 Å². The SMILES string of the molecule is CCCOC(=O)C1=C(C)N=C2C[C@@H](C)[C@@H](C(=O)OC)C(=O)[C@@H]2[C@H]1c1cccs1. The summed E-state index contributed by atoms with van der Waals surface area (Å²) in [5, 5.41) is 1.92. The van der Waals surface area contributed by atoms with E-state index in [1.807, 2.05) is 31.4 Å². The number of esters is 2. The highest BCUT2D eigenvalue weighted by molar-refractivity contribution is 7.10. The largest absolute Gasteiger partial charge is 0.468 e. The van der Waals surface area contributed by atoms with E-state index in [9.17, 15) is 14.4 Å². The molecule has 1 fully saturated rings. The van der Waals surface area contributed by atoms with Gasteiger partial charge in [-0.15, -0.1) is 11.3 Å². The van der Waals surface area contributed by atoms with Crippen molar-refractivity contribution in [3.05, 3.63) is 33.7 Å². The third-order valence-corrected chi connectivity index (χ3v) is 6.34. The van der Waals surface area contributed by atoms with Gasteiger partial charge in [0.15, 0.2) is 5.78 Å². The van der Waals surface area contributed by atoms with E-state index in [2.05, 4.69) is 4.99 Å². The van der Waals surface area contributed by atoms with Gasteiger partial charge in [0.25, 0.3) is 0 Å². The van der Waals surface area contributed by atoms with Gasteiger partial charge < -0.3 is 9.47 Å². The number of fused-ring (bicyclic) bond motifs is 1. The highest BCUT2D eigenvalue weighted by Gasteiger charge is 2.51. The Morgan fingerprint density at radius 3 is 2.68 bits per heavy atom. The first-order valence-corrected chi connectivity index (χ1v) is 10.4. The number of rotatable bonds is 5. The topological polar surface area (TPSA) is 82.0 Å². The van der Waals surface area contributed by atoms with E-state index in [1.54, 1.807) is 6.92 Å². The van der Waals surface area contributed by atoms with Crippen LogP contribution in [-0.2, 0) is 23.9 Å². The zero-order valence-corrected chi connectivity index (χ0v) is 17.4. The predicted octanol–water partition coefficient (Wildman–Crippen LogP) is 3.53. The van der Waals surface area contributed by atoms with Crippen molar-refractivity contribution in [3.63, 3.8) is 0 Å². The van der Waals surface area contributed by atoms with Crippen molar-refractivity contribution < 1.29 is 23.9 Å². The maximum absolute atomic E-state index is 13.4. The van der Waals surface area contributed by atoms with Gasteiger partial charge >= 0.3 is 11.9 Å². The molecular formula is C21H25NO5S. The number of ether oxygens (including phenoxy) is 2. The number of hydrogen-bond donors (Lipinski definition) is 0. The van der Waals surface area contributed by atoms with Crippen molar-refractivity contribution in [3.8, 4) is 0 Å². The summed E-state index contributed by atoms with van der Waals surface area (Å²) in [6, 6.07) is 3.81. The van der Waals surface area contributed by atoms with Gasteiger partial charge in [0.05, 0.1) is 25.2 Å². The number of ketones is 1. The van der Waals surface area contributed by atoms with E-state index in [0.717, 1.165) is 10.6 Å². The molecule has 0 aromatic carbocycles. The summed E-state index contributed by atoms with van der Waals surface area (Å²) in [7, 11) is 1.29. The summed E-state index contributed by atoms with van der Waals surface area (Å²) in [6.45, 7) is 5.88. The minimum absolute atomic E-state index is 0.194. The third kappa shape index (κ3) is 3.55. The van der Waals surface area contributed by atoms with E-state index in [1.165, 1.54) is 18.4 Å². The molecule has 0 bridgehead atoms. The Morgan fingerprint density at radius 1 is 1.32 bits per heavy atom. The maximum Gasteiger partial charge on any atom is 0.336 e. The quantitative estimate of drug-likeness (QED) is 0.555. The fourth-order valence-electron chi connectivity index (χ4n) is 4.15. The average molecular weight is 404 g/mol. The molecule has 1 aromatic rings. The zero-order chi connectivity index (χ0) is 20.4. The Labute approximate surface area is 168 Å². The summed E-state index contributed by atoms with van der Waals surface area (Å²) < 4.78 is 10.3. The monoisotopic (exact) mass is 403 g/mol. The summed E-state index contributed by atoms with van der Waals surface area (Å²) in [4.78, 5) is 44.1. The predicted molar refractivity (Wildman–Crippen MR) is 106 cm³/mol. The first-order chi connectivity index (χ1) is 13.4. The molecule has 1 aliphatic heterocycles. The number of hydrogen-bond acceptors (Lipinski definition) is 7. The van der Waals surface area contributed by atoms with Crippen molar-refractivity contribution >= 4 is 34.8 Å². The summed E-state index contributed by atoms with van der Waals surface area (Å²) in [5.74, 6) is -3.36. The van der Waals surface area contributed by atoms with Crippen LogP contribution in [0.2, 0.25) is 0 Å². The lowest BCUT2D eigenvalue weighted by Gasteiger charge is -2.39. The number of allylic oxidation sites excluding steroid dienone is 1.